The minimum atomic E-state index is -0.574. The van der Waals surface area contributed by atoms with E-state index < -0.39 is 5.92 Å². The van der Waals surface area contributed by atoms with Gasteiger partial charge in [0.2, 0.25) is 5.78 Å². The SMILES string of the molecule is CC1(C)CC(=O)C2=C(C1)OC1=C(C(=O)C3=C(NNC3)C1=O)C2c1ccccc1. The smallest absolute Gasteiger partial charge is 0.246 e. The maximum absolute atomic E-state index is 13.3. The van der Waals surface area contributed by atoms with Crippen molar-refractivity contribution in [3.63, 3.8) is 0 Å². The Morgan fingerprint density at radius 1 is 1.00 bits per heavy atom. The molecule has 4 aliphatic rings. The summed E-state index contributed by atoms with van der Waals surface area (Å²) in [5.74, 6) is -0.592. The largest absolute Gasteiger partial charge is 0.457 e. The first kappa shape index (κ1) is 17.1. The lowest BCUT2D eigenvalue weighted by molar-refractivity contribution is -0.121. The number of carbonyl (C=O) groups is 3. The van der Waals surface area contributed by atoms with E-state index in [2.05, 4.69) is 10.9 Å². The molecule has 0 saturated carbocycles. The maximum Gasteiger partial charge on any atom is 0.246 e. The molecule has 2 aliphatic heterocycles. The van der Waals surface area contributed by atoms with E-state index in [1.165, 1.54) is 0 Å². The number of hydrazine groups is 1. The van der Waals surface area contributed by atoms with Gasteiger partial charge < -0.3 is 10.2 Å². The van der Waals surface area contributed by atoms with Crippen molar-refractivity contribution in [2.24, 2.45) is 5.41 Å². The Morgan fingerprint density at radius 2 is 1.75 bits per heavy atom. The fourth-order valence-electron chi connectivity index (χ4n) is 4.57. The fraction of sp³-hybridized carbons (Fsp3) is 0.318. The van der Waals surface area contributed by atoms with Crippen molar-refractivity contribution in [3.8, 4) is 0 Å². The molecule has 6 heteroatoms. The molecule has 1 aromatic carbocycles. The van der Waals surface area contributed by atoms with Crippen LogP contribution in [0.5, 0.6) is 0 Å². The van der Waals surface area contributed by atoms with Gasteiger partial charge in [0.25, 0.3) is 0 Å². The number of rotatable bonds is 1. The molecular formula is C22H20N2O4. The summed E-state index contributed by atoms with van der Waals surface area (Å²) in [6, 6.07) is 9.43. The van der Waals surface area contributed by atoms with Crippen molar-refractivity contribution >= 4 is 17.3 Å². The Labute approximate surface area is 162 Å². The van der Waals surface area contributed by atoms with Gasteiger partial charge in [0.1, 0.15) is 11.5 Å². The third-order valence-corrected chi connectivity index (χ3v) is 5.79. The Hall–Kier alpha value is -2.99. The maximum atomic E-state index is 13.3. The normalized spacial score (nSPS) is 25.9. The van der Waals surface area contributed by atoms with Crippen LogP contribution in [0, 0.1) is 5.41 Å². The van der Waals surface area contributed by atoms with Gasteiger partial charge in [-0.1, -0.05) is 44.2 Å². The van der Waals surface area contributed by atoms with Crippen LogP contribution in [-0.2, 0) is 19.1 Å². The van der Waals surface area contributed by atoms with Crippen LogP contribution in [0.15, 0.2) is 64.3 Å². The number of hydrogen-bond acceptors (Lipinski definition) is 6. The number of ketones is 3. The van der Waals surface area contributed by atoms with Gasteiger partial charge in [-0.15, -0.1) is 0 Å². The molecule has 0 fully saturated rings. The quantitative estimate of drug-likeness (QED) is 0.731. The van der Waals surface area contributed by atoms with Crippen LogP contribution < -0.4 is 10.9 Å². The van der Waals surface area contributed by atoms with E-state index in [-0.39, 0.29) is 46.3 Å². The van der Waals surface area contributed by atoms with Crippen LogP contribution >= 0.6 is 0 Å². The number of ether oxygens (including phenoxy) is 1. The Balaban J connectivity index is 1.73. The lowest BCUT2D eigenvalue weighted by Crippen LogP contribution is -2.38. The van der Waals surface area contributed by atoms with Gasteiger partial charge in [0.15, 0.2) is 17.3 Å². The summed E-state index contributed by atoms with van der Waals surface area (Å²) in [7, 11) is 0. The highest BCUT2D eigenvalue weighted by atomic mass is 16.5. The third-order valence-electron chi connectivity index (χ3n) is 5.79. The monoisotopic (exact) mass is 376 g/mol. The van der Waals surface area contributed by atoms with E-state index in [9.17, 15) is 14.4 Å². The Kier molecular flexibility index (Phi) is 3.52. The molecule has 2 heterocycles. The highest BCUT2D eigenvalue weighted by Crippen LogP contribution is 2.50. The molecule has 2 aliphatic carbocycles. The molecule has 2 N–H and O–H groups in total. The minimum absolute atomic E-state index is 0.0191. The number of Topliss-reactive ketones (excluding diaryl/α,β-unsaturated/α-hetero) is 3. The Morgan fingerprint density at radius 3 is 2.50 bits per heavy atom. The first-order chi connectivity index (χ1) is 13.4. The van der Waals surface area contributed by atoms with Crippen molar-refractivity contribution in [2.75, 3.05) is 6.54 Å². The molecular weight excluding hydrogens is 356 g/mol. The highest BCUT2D eigenvalue weighted by Gasteiger charge is 2.49. The lowest BCUT2D eigenvalue weighted by atomic mass is 9.68. The van der Waals surface area contributed by atoms with E-state index in [1.54, 1.807) is 0 Å². The standard InChI is InChI=1S/C22H20N2O4/c1-22(2)8-13(25)16-14(9-22)28-21-17(15(16)11-6-4-3-5-7-11)19(26)12-10-23-24-18(12)20(21)27/h3-7,15,23-24H,8-10H2,1-2H3. The van der Waals surface area contributed by atoms with Crippen molar-refractivity contribution in [1.29, 1.82) is 0 Å². The summed E-state index contributed by atoms with van der Waals surface area (Å²) >= 11 is 0. The number of hydrogen-bond donors (Lipinski definition) is 2. The number of carbonyl (C=O) groups excluding carboxylic acids is 3. The molecule has 0 bridgehead atoms. The molecule has 0 radical (unpaired) electrons. The van der Waals surface area contributed by atoms with Gasteiger partial charge >= 0.3 is 0 Å². The van der Waals surface area contributed by atoms with Gasteiger partial charge in [-0.25, -0.2) is 5.43 Å². The van der Waals surface area contributed by atoms with Crippen molar-refractivity contribution in [1.82, 2.24) is 10.9 Å². The summed E-state index contributed by atoms with van der Waals surface area (Å²) < 4.78 is 6.01. The predicted molar refractivity (Wildman–Crippen MR) is 101 cm³/mol. The van der Waals surface area contributed by atoms with Crippen LogP contribution in [0.2, 0.25) is 0 Å². The van der Waals surface area contributed by atoms with Gasteiger partial charge in [-0.2, -0.15) is 0 Å². The number of benzene rings is 1. The number of nitrogens with one attached hydrogen (secondary N) is 2. The first-order valence-electron chi connectivity index (χ1n) is 9.42. The van der Waals surface area contributed by atoms with Crippen molar-refractivity contribution < 1.29 is 19.1 Å². The zero-order chi connectivity index (χ0) is 19.6. The van der Waals surface area contributed by atoms with E-state index in [0.717, 1.165) is 5.56 Å². The summed E-state index contributed by atoms with van der Waals surface area (Å²) in [6.07, 6.45) is 0.938. The average Bonchev–Trinajstić information content (AvgIpc) is 3.14. The molecule has 0 aromatic heterocycles. The number of allylic oxidation sites excluding steroid dienone is 3. The van der Waals surface area contributed by atoms with E-state index in [0.29, 0.717) is 29.7 Å². The highest BCUT2D eigenvalue weighted by molar-refractivity contribution is 6.26. The van der Waals surface area contributed by atoms with Crippen molar-refractivity contribution in [2.45, 2.75) is 32.6 Å². The molecule has 28 heavy (non-hydrogen) atoms. The fourth-order valence-corrected chi connectivity index (χ4v) is 4.57. The summed E-state index contributed by atoms with van der Waals surface area (Å²) in [4.78, 5) is 39.5. The molecule has 1 aromatic rings. The predicted octanol–water partition coefficient (Wildman–Crippen LogP) is 2.21. The molecule has 6 nitrogen and oxygen atoms in total. The van der Waals surface area contributed by atoms with Crippen LogP contribution in [0.4, 0.5) is 0 Å². The van der Waals surface area contributed by atoms with Gasteiger partial charge in [-0.05, 0) is 11.0 Å². The molecule has 142 valence electrons. The second-order valence-corrected chi connectivity index (χ2v) is 8.46. The minimum Gasteiger partial charge on any atom is -0.457 e. The zero-order valence-corrected chi connectivity index (χ0v) is 15.7. The van der Waals surface area contributed by atoms with E-state index in [1.807, 2.05) is 44.2 Å². The second-order valence-electron chi connectivity index (χ2n) is 8.46. The van der Waals surface area contributed by atoms with E-state index in [4.69, 9.17) is 4.74 Å². The second kappa shape index (κ2) is 5.75. The van der Waals surface area contributed by atoms with Gasteiger partial charge in [-0.3, -0.25) is 14.4 Å². The molecule has 5 rings (SSSR count). The first-order valence-corrected chi connectivity index (χ1v) is 9.42. The van der Waals surface area contributed by atoms with Crippen LogP contribution in [0.25, 0.3) is 0 Å². The Bertz CT molecular complexity index is 1040. The van der Waals surface area contributed by atoms with Gasteiger partial charge in [0, 0.05) is 36.5 Å². The van der Waals surface area contributed by atoms with Crippen LogP contribution in [-0.4, -0.2) is 23.9 Å². The lowest BCUT2D eigenvalue weighted by Gasteiger charge is -2.39. The van der Waals surface area contributed by atoms with Crippen LogP contribution in [0.1, 0.15) is 38.2 Å². The molecule has 1 atom stereocenters. The van der Waals surface area contributed by atoms with Crippen LogP contribution in [0.3, 0.4) is 0 Å². The summed E-state index contributed by atoms with van der Waals surface area (Å²) in [6.45, 7) is 4.29. The summed E-state index contributed by atoms with van der Waals surface area (Å²) in [5, 5.41) is 0. The topological polar surface area (TPSA) is 84.5 Å². The average molecular weight is 376 g/mol. The molecule has 0 saturated heterocycles. The zero-order valence-electron chi connectivity index (χ0n) is 15.7. The third kappa shape index (κ3) is 2.34. The molecule has 1 unspecified atom stereocenters. The molecule has 0 spiro atoms. The molecule has 0 amide bonds. The van der Waals surface area contributed by atoms with Crippen molar-refractivity contribution in [3.05, 3.63) is 69.8 Å². The summed E-state index contributed by atoms with van der Waals surface area (Å²) in [5.41, 5.74) is 7.66. The van der Waals surface area contributed by atoms with Gasteiger partial charge in [0.05, 0.1) is 5.57 Å². The van der Waals surface area contributed by atoms with E-state index >= 15 is 0 Å².